The molecule has 0 atom stereocenters. The number of fused-ring (bicyclic) bond motifs is 10. The number of pyridine rings is 1. The highest BCUT2D eigenvalue weighted by molar-refractivity contribution is 6.24. The Bertz CT molecular complexity index is 2800. The Balaban J connectivity index is 1.14. The Morgan fingerprint density at radius 2 is 0.898 bits per heavy atom. The van der Waals surface area contributed by atoms with Gasteiger partial charge in [-0.05, 0) is 46.2 Å². The first kappa shape index (κ1) is 27.4. The van der Waals surface area contributed by atoms with E-state index in [-0.39, 0.29) is 0 Å². The zero-order valence-electron chi connectivity index (χ0n) is 26.3. The van der Waals surface area contributed by atoms with E-state index in [1.54, 1.807) is 0 Å². The number of para-hydroxylation sites is 2. The molecule has 7 aromatic carbocycles. The van der Waals surface area contributed by atoms with E-state index in [9.17, 15) is 0 Å². The van der Waals surface area contributed by atoms with Gasteiger partial charge < -0.3 is 0 Å². The summed E-state index contributed by atoms with van der Waals surface area (Å²) in [4.78, 5) is 19.8. The Kier molecular flexibility index (Phi) is 6.11. The van der Waals surface area contributed by atoms with Crippen molar-refractivity contribution in [2.24, 2.45) is 0 Å². The molecule has 228 valence electrons. The molecule has 5 nitrogen and oxygen atoms in total. The summed E-state index contributed by atoms with van der Waals surface area (Å²) >= 11 is 0. The van der Waals surface area contributed by atoms with Gasteiger partial charge in [0.2, 0.25) is 0 Å². The van der Waals surface area contributed by atoms with Gasteiger partial charge in [0.05, 0.1) is 16.6 Å². The van der Waals surface area contributed by atoms with Gasteiger partial charge >= 0.3 is 0 Å². The maximum atomic E-state index is 5.15. The lowest BCUT2D eigenvalue weighted by Crippen LogP contribution is -2.00. The molecule has 49 heavy (non-hydrogen) atoms. The minimum absolute atomic E-state index is 0.641. The minimum atomic E-state index is 0.641. The Morgan fingerprint density at radius 1 is 0.347 bits per heavy atom. The minimum Gasteiger partial charge on any atom is -0.292 e. The maximum Gasteiger partial charge on any atom is 0.164 e. The number of rotatable bonds is 4. The van der Waals surface area contributed by atoms with Crippen LogP contribution in [0.4, 0.5) is 0 Å². The number of hydrogen-bond acceptors (Lipinski definition) is 4. The molecule has 0 saturated carbocycles. The fraction of sp³-hybridized carbons (Fsp3) is 0. The third-order valence-corrected chi connectivity index (χ3v) is 9.41. The summed E-state index contributed by atoms with van der Waals surface area (Å²) in [7, 11) is 0. The molecule has 0 aliphatic carbocycles. The second kappa shape index (κ2) is 10.9. The summed E-state index contributed by atoms with van der Waals surface area (Å²) in [6.07, 6.45) is 0. The van der Waals surface area contributed by atoms with Crippen molar-refractivity contribution in [2.45, 2.75) is 0 Å². The van der Waals surface area contributed by atoms with E-state index in [0.29, 0.717) is 17.5 Å². The zero-order chi connectivity index (χ0) is 32.3. The van der Waals surface area contributed by atoms with Crippen molar-refractivity contribution in [1.82, 2.24) is 24.3 Å². The highest BCUT2D eigenvalue weighted by Crippen LogP contribution is 2.38. The fourth-order valence-corrected chi connectivity index (χ4v) is 7.06. The van der Waals surface area contributed by atoms with Crippen LogP contribution >= 0.6 is 0 Å². The van der Waals surface area contributed by atoms with Gasteiger partial charge in [-0.25, -0.2) is 19.9 Å². The second-order valence-corrected chi connectivity index (χ2v) is 12.3. The average Bonchev–Trinajstić information content (AvgIpc) is 3.58. The van der Waals surface area contributed by atoms with Crippen LogP contribution in [0.25, 0.3) is 94.4 Å². The number of imidazole rings is 1. The molecule has 10 rings (SSSR count). The van der Waals surface area contributed by atoms with Crippen LogP contribution in [0.5, 0.6) is 0 Å². The van der Waals surface area contributed by atoms with Crippen LogP contribution in [0.15, 0.2) is 164 Å². The maximum absolute atomic E-state index is 5.15. The number of benzene rings is 7. The van der Waals surface area contributed by atoms with E-state index in [1.807, 2.05) is 60.7 Å². The molecule has 0 aliphatic heterocycles. The van der Waals surface area contributed by atoms with E-state index < -0.39 is 0 Å². The van der Waals surface area contributed by atoms with Crippen molar-refractivity contribution in [3.63, 3.8) is 0 Å². The van der Waals surface area contributed by atoms with Crippen LogP contribution in [0, 0.1) is 0 Å². The molecule has 0 aliphatic rings. The molecule has 0 saturated heterocycles. The molecule has 0 N–H and O–H groups in total. The normalized spacial score (nSPS) is 11.7. The third-order valence-electron chi connectivity index (χ3n) is 9.41. The first-order valence-corrected chi connectivity index (χ1v) is 16.4. The van der Waals surface area contributed by atoms with Crippen molar-refractivity contribution in [1.29, 1.82) is 0 Å². The Morgan fingerprint density at radius 3 is 1.61 bits per heavy atom. The van der Waals surface area contributed by atoms with E-state index in [1.165, 1.54) is 21.5 Å². The van der Waals surface area contributed by atoms with Gasteiger partial charge in [-0.15, -0.1) is 0 Å². The molecule has 0 unspecified atom stereocenters. The standard InChI is InChI=1S/C44H27N5/c1-3-12-30(13-4-1)41-46-42(31-14-5-2-6-15-31)48-43(47-41)32-21-19-28(20-22-32)33-24-25-35-39(27-33)49-38-18-10-9-17-37(38)45-44(49)36-26-23-29-11-7-8-16-34(29)40(35)36/h1-27H. The van der Waals surface area contributed by atoms with Crippen molar-refractivity contribution in [2.75, 3.05) is 0 Å². The van der Waals surface area contributed by atoms with Gasteiger partial charge in [0.15, 0.2) is 17.5 Å². The fourth-order valence-electron chi connectivity index (χ4n) is 7.06. The molecular formula is C44H27N5. The number of aromatic nitrogens is 5. The molecule has 0 radical (unpaired) electrons. The van der Waals surface area contributed by atoms with Crippen LogP contribution in [-0.2, 0) is 0 Å². The molecule has 5 heteroatoms. The van der Waals surface area contributed by atoms with Crippen LogP contribution in [0.3, 0.4) is 0 Å². The Labute approximate surface area is 281 Å². The smallest absolute Gasteiger partial charge is 0.164 e. The molecule has 0 amide bonds. The van der Waals surface area contributed by atoms with Gasteiger partial charge in [-0.1, -0.05) is 140 Å². The zero-order valence-corrected chi connectivity index (χ0v) is 26.3. The van der Waals surface area contributed by atoms with Gasteiger partial charge in [0.1, 0.15) is 5.65 Å². The number of hydrogen-bond donors (Lipinski definition) is 0. The van der Waals surface area contributed by atoms with Gasteiger partial charge in [0.25, 0.3) is 0 Å². The van der Waals surface area contributed by atoms with Gasteiger partial charge in [-0.3, -0.25) is 4.40 Å². The lowest BCUT2D eigenvalue weighted by Gasteiger charge is -2.13. The molecule has 3 aromatic heterocycles. The van der Waals surface area contributed by atoms with Gasteiger partial charge in [-0.2, -0.15) is 0 Å². The van der Waals surface area contributed by atoms with Gasteiger partial charge in [0, 0.05) is 32.8 Å². The van der Waals surface area contributed by atoms with Crippen molar-refractivity contribution < 1.29 is 0 Å². The third kappa shape index (κ3) is 4.48. The van der Waals surface area contributed by atoms with Crippen molar-refractivity contribution >= 4 is 49.1 Å². The first-order chi connectivity index (χ1) is 24.3. The predicted octanol–water partition coefficient (Wildman–Crippen LogP) is 10.8. The summed E-state index contributed by atoms with van der Waals surface area (Å²) in [6.45, 7) is 0. The quantitative estimate of drug-likeness (QED) is 0.183. The van der Waals surface area contributed by atoms with E-state index in [2.05, 4.69) is 108 Å². The largest absolute Gasteiger partial charge is 0.292 e. The van der Waals surface area contributed by atoms with E-state index >= 15 is 0 Å². The summed E-state index contributed by atoms with van der Waals surface area (Å²) < 4.78 is 2.32. The summed E-state index contributed by atoms with van der Waals surface area (Å²) in [5.41, 5.74) is 9.27. The molecule has 3 heterocycles. The second-order valence-electron chi connectivity index (χ2n) is 12.3. The molecule has 0 fully saturated rings. The summed E-state index contributed by atoms with van der Waals surface area (Å²) in [6, 6.07) is 56.9. The molecule has 10 aromatic rings. The predicted molar refractivity (Wildman–Crippen MR) is 200 cm³/mol. The monoisotopic (exact) mass is 625 g/mol. The SMILES string of the molecule is c1ccc(-c2nc(-c3ccccc3)nc(-c3ccc(-c4ccc5c6c7ccccc7ccc6c6nc7ccccc7n6c5c4)cc3)n2)cc1. The van der Waals surface area contributed by atoms with Crippen LogP contribution < -0.4 is 0 Å². The number of nitrogens with zero attached hydrogens (tertiary/aromatic N) is 5. The summed E-state index contributed by atoms with van der Waals surface area (Å²) in [5, 5.41) is 6.05. The van der Waals surface area contributed by atoms with Crippen LogP contribution in [-0.4, -0.2) is 24.3 Å². The summed E-state index contributed by atoms with van der Waals surface area (Å²) in [5.74, 6) is 1.95. The average molecular weight is 626 g/mol. The molecule has 0 spiro atoms. The highest BCUT2D eigenvalue weighted by atomic mass is 15.0. The Hall–Kier alpha value is -6.72. The van der Waals surface area contributed by atoms with E-state index in [4.69, 9.17) is 19.9 Å². The lowest BCUT2D eigenvalue weighted by molar-refractivity contribution is 1.07. The lowest BCUT2D eigenvalue weighted by atomic mass is 9.96. The van der Waals surface area contributed by atoms with Crippen molar-refractivity contribution in [3.8, 4) is 45.3 Å². The van der Waals surface area contributed by atoms with Crippen molar-refractivity contribution in [3.05, 3.63) is 164 Å². The van der Waals surface area contributed by atoms with E-state index in [0.717, 1.165) is 55.4 Å². The van der Waals surface area contributed by atoms with Crippen LogP contribution in [0.1, 0.15) is 0 Å². The topological polar surface area (TPSA) is 56.0 Å². The molecular weight excluding hydrogens is 599 g/mol. The van der Waals surface area contributed by atoms with Crippen LogP contribution in [0.2, 0.25) is 0 Å². The highest BCUT2D eigenvalue weighted by Gasteiger charge is 2.17. The first-order valence-electron chi connectivity index (χ1n) is 16.4. The molecule has 0 bridgehead atoms.